The maximum atomic E-state index is 12.5. The summed E-state index contributed by atoms with van der Waals surface area (Å²) in [6.45, 7) is 1.27. The number of nitrogens with zero attached hydrogens (tertiary/aromatic N) is 4. The monoisotopic (exact) mass is 349 g/mol. The molecule has 1 aliphatic rings. The zero-order valence-corrected chi connectivity index (χ0v) is 14.2. The van der Waals surface area contributed by atoms with E-state index in [0.717, 1.165) is 11.2 Å². The molecule has 4 rings (SSSR count). The molecule has 1 fully saturated rings. The van der Waals surface area contributed by atoms with Crippen molar-refractivity contribution in [1.29, 1.82) is 0 Å². The van der Waals surface area contributed by atoms with E-state index in [9.17, 15) is 9.59 Å². The Morgan fingerprint density at radius 2 is 1.92 bits per heavy atom. The minimum Gasteiger partial charge on any atom is -0.348 e. The number of amides is 2. The first-order valence-corrected chi connectivity index (χ1v) is 8.59. The highest BCUT2D eigenvalue weighted by Gasteiger charge is 2.34. The molecule has 0 radical (unpaired) electrons. The number of fused-ring (bicyclic) bond motifs is 1. The second-order valence-electron chi connectivity index (χ2n) is 6.42. The average molecular weight is 349 g/mol. The van der Waals surface area contributed by atoms with Gasteiger partial charge in [-0.05, 0) is 17.7 Å². The maximum absolute atomic E-state index is 12.5. The minimum atomic E-state index is -0.328. The second-order valence-corrected chi connectivity index (χ2v) is 6.42. The molecule has 7 heteroatoms. The molecule has 3 heterocycles. The predicted molar refractivity (Wildman–Crippen MR) is 94.8 cm³/mol. The fourth-order valence-corrected chi connectivity index (χ4v) is 3.23. The molecule has 0 aliphatic carbocycles. The molecule has 3 aromatic rings. The van der Waals surface area contributed by atoms with Crippen LogP contribution in [0, 0.1) is 5.92 Å². The van der Waals surface area contributed by atoms with Gasteiger partial charge in [0.25, 0.3) is 0 Å². The third kappa shape index (κ3) is 3.28. The fourth-order valence-electron chi connectivity index (χ4n) is 3.23. The highest BCUT2D eigenvalue weighted by atomic mass is 16.2. The Balaban J connectivity index is 1.36. The summed E-state index contributed by atoms with van der Waals surface area (Å²) in [4.78, 5) is 26.4. The highest BCUT2D eigenvalue weighted by Crippen LogP contribution is 2.20. The Bertz CT molecular complexity index is 937. The van der Waals surface area contributed by atoms with Crippen molar-refractivity contribution in [1.82, 2.24) is 24.8 Å². The van der Waals surface area contributed by atoms with Crippen LogP contribution in [0.4, 0.5) is 0 Å². The number of likely N-dealkylation sites (tertiary alicyclic amines) is 1. The predicted octanol–water partition coefficient (Wildman–Crippen LogP) is 1.39. The average Bonchev–Trinajstić information content (AvgIpc) is 3.24. The number of carbonyl (C=O) groups excluding carboxylic acids is 2. The van der Waals surface area contributed by atoms with Crippen molar-refractivity contribution < 1.29 is 9.59 Å². The molecule has 0 saturated carbocycles. The zero-order valence-electron chi connectivity index (χ0n) is 14.2. The first-order valence-electron chi connectivity index (χ1n) is 8.59. The van der Waals surface area contributed by atoms with E-state index in [4.69, 9.17) is 0 Å². The van der Waals surface area contributed by atoms with E-state index in [2.05, 4.69) is 15.5 Å². The molecule has 132 valence electrons. The lowest BCUT2D eigenvalue weighted by Crippen LogP contribution is -2.33. The molecular formula is C19H19N5O2. The quantitative estimate of drug-likeness (QED) is 0.755. The van der Waals surface area contributed by atoms with Gasteiger partial charge in [-0.3, -0.25) is 14.0 Å². The molecule has 1 aliphatic heterocycles. The fraction of sp³-hybridized carbons (Fsp3) is 0.263. The molecule has 1 aromatic carbocycles. The van der Waals surface area contributed by atoms with Crippen molar-refractivity contribution in [3.05, 3.63) is 66.1 Å². The van der Waals surface area contributed by atoms with Crippen molar-refractivity contribution in [3.8, 4) is 0 Å². The smallest absolute Gasteiger partial charge is 0.225 e. The number of aromatic nitrogens is 3. The maximum Gasteiger partial charge on any atom is 0.225 e. The van der Waals surface area contributed by atoms with Crippen LogP contribution in [0.3, 0.4) is 0 Å². The number of pyridine rings is 1. The van der Waals surface area contributed by atoms with Crippen LogP contribution in [0.15, 0.2) is 54.7 Å². The molecule has 2 amide bonds. The van der Waals surface area contributed by atoms with E-state index in [-0.39, 0.29) is 30.7 Å². The van der Waals surface area contributed by atoms with Crippen molar-refractivity contribution in [3.63, 3.8) is 0 Å². The first kappa shape index (κ1) is 16.3. The van der Waals surface area contributed by atoms with Gasteiger partial charge in [-0.25, -0.2) is 0 Å². The van der Waals surface area contributed by atoms with E-state index in [1.165, 1.54) is 0 Å². The summed E-state index contributed by atoms with van der Waals surface area (Å²) in [6, 6.07) is 15.4. The van der Waals surface area contributed by atoms with Gasteiger partial charge in [0.05, 0.1) is 12.5 Å². The van der Waals surface area contributed by atoms with Crippen LogP contribution in [-0.2, 0) is 22.7 Å². The van der Waals surface area contributed by atoms with Crippen LogP contribution in [0.1, 0.15) is 17.8 Å². The number of benzene rings is 1. The first-order chi connectivity index (χ1) is 12.7. The number of hydrogen-bond acceptors (Lipinski definition) is 4. The van der Waals surface area contributed by atoms with E-state index in [0.29, 0.717) is 18.9 Å². The molecule has 1 saturated heterocycles. The molecule has 26 heavy (non-hydrogen) atoms. The summed E-state index contributed by atoms with van der Waals surface area (Å²) in [5.41, 5.74) is 1.80. The van der Waals surface area contributed by atoms with E-state index >= 15 is 0 Å². The largest absolute Gasteiger partial charge is 0.348 e. The summed E-state index contributed by atoms with van der Waals surface area (Å²) < 4.78 is 1.84. The van der Waals surface area contributed by atoms with Gasteiger partial charge >= 0.3 is 0 Å². The summed E-state index contributed by atoms with van der Waals surface area (Å²) >= 11 is 0. The lowest BCUT2D eigenvalue weighted by molar-refractivity contribution is -0.129. The molecular weight excluding hydrogens is 330 g/mol. The molecule has 0 bridgehead atoms. The van der Waals surface area contributed by atoms with E-state index in [1.54, 1.807) is 4.90 Å². The van der Waals surface area contributed by atoms with Crippen LogP contribution in [0.2, 0.25) is 0 Å². The van der Waals surface area contributed by atoms with Crippen molar-refractivity contribution in [2.24, 2.45) is 5.92 Å². The Morgan fingerprint density at radius 1 is 1.12 bits per heavy atom. The van der Waals surface area contributed by atoms with Crippen LogP contribution in [0.25, 0.3) is 5.65 Å². The summed E-state index contributed by atoms with van der Waals surface area (Å²) in [6.07, 6.45) is 2.11. The van der Waals surface area contributed by atoms with Gasteiger partial charge in [0.2, 0.25) is 11.8 Å². The van der Waals surface area contributed by atoms with Gasteiger partial charge in [0.15, 0.2) is 11.5 Å². The summed E-state index contributed by atoms with van der Waals surface area (Å²) in [7, 11) is 0. The Kier molecular flexibility index (Phi) is 4.35. The van der Waals surface area contributed by atoms with Crippen LogP contribution >= 0.6 is 0 Å². The molecule has 0 spiro atoms. The summed E-state index contributed by atoms with van der Waals surface area (Å²) in [5, 5.41) is 11.0. The van der Waals surface area contributed by atoms with Crippen molar-refractivity contribution in [2.75, 3.05) is 6.54 Å². The Labute approximate surface area is 150 Å². The molecule has 1 N–H and O–H groups in total. The number of hydrogen-bond donors (Lipinski definition) is 1. The summed E-state index contributed by atoms with van der Waals surface area (Å²) in [5.74, 6) is 0.230. The van der Waals surface area contributed by atoms with Gasteiger partial charge in [-0.15, -0.1) is 10.2 Å². The van der Waals surface area contributed by atoms with Crippen LogP contribution in [0.5, 0.6) is 0 Å². The molecule has 1 unspecified atom stereocenters. The highest BCUT2D eigenvalue weighted by molar-refractivity contribution is 5.89. The second kappa shape index (κ2) is 6.95. The van der Waals surface area contributed by atoms with Gasteiger partial charge in [0, 0.05) is 25.7 Å². The number of carbonyl (C=O) groups is 2. The Hall–Kier alpha value is -3.22. The lowest BCUT2D eigenvalue weighted by Gasteiger charge is -2.16. The number of rotatable bonds is 5. The Morgan fingerprint density at radius 3 is 2.77 bits per heavy atom. The lowest BCUT2D eigenvalue weighted by atomic mass is 10.1. The minimum absolute atomic E-state index is 0.0157. The molecule has 2 aromatic heterocycles. The molecule has 1 atom stereocenters. The standard InChI is InChI=1S/C19H19N5O2/c25-18-10-15(13-23(18)12-14-6-2-1-3-7-14)19(26)20-11-17-22-21-16-8-4-5-9-24(16)17/h1-9,15H,10-13H2,(H,20,26). The van der Waals surface area contributed by atoms with Gasteiger partial charge < -0.3 is 10.2 Å². The topological polar surface area (TPSA) is 79.6 Å². The normalized spacial score (nSPS) is 17.0. The van der Waals surface area contributed by atoms with E-state index in [1.807, 2.05) is 59.1 Å². The number of nitrogens with one attached hydrogen (secondary N) is 1. The zero-order chi connectivity index (χ0) is 17.9. The van der Waals surface area contributed by atoms with Crippen LogP contribution < -0.4 is 5.32 Å². The SMILES string of the molecule is O=C(NCc1nnc2ccccn12)C1CC(=O)N(Cc2ccccc2)C1. The van der Waals surface area contributed by atoms with Crippen molar-refractivity contribution >= 4 is 17.5 Å². The van der Waals surface area contributed by atoms with Crippen molar-refractivity contribution in [2.45, 2.75) is 19.5 Å². The van der Waals surface area contributed by atoms with E-state index < -0.39 is 0 Å². The van der Waals surface area contributed by atoms with Gasteiger partial charge in [0.1, 0.15) is 0 Å². The third-order valence-electron chi connectivity index (χ3n) is 4.61. The van der Waals surface area contributed by atoms with Gasteiger partial charge in [-0.1, -0.05) is 36.4 Å². The third-order valence-corrected chi connectivity index (χ3v) is 4.61. The van der Waals surface area contributed by atoms with Gasteiger partial charge in [-0.2, -0.15) is 0 Å². The van der Waals surface area contributed by atoms with Crippen LogP contribution in [-0.4, -0.2) is 37.9 Å². The molecule has 7 nitrogen and oxygen atoms in total.